The van der Waals surface area contributed by atoms with Crippen LogP contribution in [0.2, 0.25) is 0 Å². The Labute approximate surface area is 111 Å². The maximum absolute atomic E-state index is 5.30. The second-order valence-corrected chi connectivity index (χ2v) is 4.77. The Morgan fingerprint density at radius 2 is 2.32 bits per heavy atom. The molecule has 0 unspecified atom stereocenters. The summed E-state index contributed by atoms with van der Waals surface area (Å²) in [5.41, 5.74) is 0.745. The average molecular weight is 262 g/mol. The van der Waals surface area contributed by atoms with E-state index in [1.165, 1.54) is 0 Å². The molecule has 2 aromatic heterocycles. The van der Waals surface area contributed by atoms with Crippen molar-refractivity contribution in [3.8, 4) is 11.5 Å². The second kappa shape index (κ2) is 5.50. The number of hydrogen-bond donors (Lipinski definition) is 1. The van der Waals surface area contributed by atoms with Crippen molar-refractivity contribution in [1.82, 2.24) is 30.1 Å². The summed E-state index contributed by atoms with van der Waals surface area (Å²) in [6.07, 6.45) is 3.02. The molecule has 7 nitrogen and oxygen atoms in total. The minimum absolute atomic E-state index is 0.559. The Kier molecular flexibility index (Phi) is 3.56. The van der Waals surface area contributed by atoms with Gasteiger partial charge in [-0.1, -0.05) is 5.16 Å². The molecule has 0 radical (unpaired) electrons. The lowest BCUT2D eigenvalue weighted by Gasteiger charge is -2.16. The van der Waals surface area contributed by atoms with Crippen LogP contribution in [0.5, 0.6) is 0 Å². The van der Waals surface area contributed by atoms with Crippen LogP contribution < -0.4 is 5.32 Å². The van der Waals surface area contributed by atoms with Crippen molar-refractivity contribution in [3.63, 3.8) is 0 Å². The van der Waals surface area contributed by atoms with Gasteiger partial charge >= 0.3 is 0 Å². The Bertz CT molecular complexity index is 526. The molecule has 0 bridgehead atoms. The van der Waals surface area contributed by atoms with Crippen LogP contribution in [0.1, 0.15) is 12.3 Å². The Morgan fingerprint density at radius 3 is 3.16 bits per heavy atom. The van der Waals surface area contributed by atoms with Gasteiger partial charge in [0.25, 0.3) is 0 Å². The van der Waals surface area contributed by atoms with Gasteiger partial charge in [0.1, 0.15) is 5.69 Å². The van der Waals surface area contributed by atoms with E-state index < -0.39 is 0 Å². The molecule has 1 saturated heterocycles. The van der Waals surface area contributed by atoms with E-state index in [0.29, 0.717) is 18.3 Å². The zero-order valence-electron chi connectivity index (χ0n) is 11.0. The predicted molar refractivity (Wildman–Crippen MR) is 69.3 cm³/mol. The number of nitrogens with one attached hydrogen (secondary N) is 1. The fourth-order valence-corrected chi connectivity index (χ4v) is 2.21. The SMILES string of the molecule is Cn1ccc(-c2noc(CN3CCCNCC3)n2)n1. The van der Waals surface area contributed by atoms with Crippen molar-refractivity contribution < 1.29 is 4.52 Å². The lowest BCUT2D eigenvalue weighted by molar-refractivity contribution is 0.239. The van der Waals surface area contributed by atoms with Crippen molar-refractivity contribution in [2.24, 2.45) is 7.05 Å². The minimum Gasteiger partial charge on any atom is -0.337 e. The van der Waals surface area contributed by atoms with E-state index in [9.17, 15) is 0 Å². The average Bonchev–Trinajstić information content (AvgIpc) is 2.94. The van der Waals surface area contributed by atoms with Gasteiger partial charge < -0.3 is 9.84 Å². The molecule has 19 heavy (non-hydrogen) atoms. The lowest BCUT2D eigenvalue weighted by atomic mass is 10.4. The summed E-state index contributed by atoms with van der Waals surface area (Å²) in [7, 11) is 1.87. The molecule has 0 spiro atoms. The molecule has 0 saturated carbocycles. The van der Waals surface area contributed by atoms with Gasteiger partial charge in [0.2, 0.25) is 11.7 Å². The van der Waals surface area contributed by atoms with Gasteiger partial charge in [0.15, 0.2) is 0 Å². The van der Waals surface area contributed by atoms with Crippen molar-refractivity contribution in [1.29, 1.82) is 0 Å². The zero-order chi connectivity index (χ0) is 13.1. The largest absolute Gasteiger partial charge is 0.337 e. The van der Waals surface area contributed by atoms with Crippen molar-refractivity contribution in [2.45, 2.75) is 13.0 Å². The summed E-state index contributed by atoms with van der Waals surface area (Å²) in [4.78, 5) is 6.73. The smallest absolute Gasteiger partial charge is 0.241 e. The number of aryl methyl sites for hydroxylation is 1. The first kappa shape index (κ1) is 12.3. The summed E-state index contributed by atoms with van der Waals surface area (Å²) in [6.45, 7) is 4.89. The first-order valence-electron chi connectivity index (χ1n) is 6.57. The third kappa shape index (κ3) is 2.99. The van der Waals surface area contributed by atoms with Crippen LogP contribution in [-0.2, 0) is 13.6 Å². The van der Waals surface area contributed by atoms with Crippen LogP contribution in [0, 0.1) is 0 Å². The summed E-state index contributed by atoms with van der Waals surface area (Å²) in [5, 5.41) is 11.6. The third-order valence-electron chi connectivity index (χ3n) is 3.20. The van der Waals surface area contributed by atoms with E-state index in [1.807, 2.05) is 19.3 Å². The second-order valence-electron chi connectivity index (χ2n) is 4.77. The Balaban J connectivity index is 1.67. The fourth-order valence-electron chi connectivity index (χ4n) is 2.21. The van der Waals surface area contributed by atoms with Crippen molar-refractivity contribution in [2.75, 3.05) is 26.2 Å². The summed E-state index contributed by atoms with van der Waals surface area (Å²) >= 11 is 0. The van der Waals surface area contributed by atoms with Crippen LogP contribution in [-0.4, -0.2) is 51.0 Å². The molecule has 3 heterocycles. The first-order chi connectivity index (χ1) is 9.31. The van der Waals surface area contributed by atoms with Gasteiger partial charge in [0.05, 0.1) is 6.54 Å². The molecule has 0 atom stereocenters. The highest BCUT2D eigenvalue weighted by atomic mass is 16.5. The topological polar surface area (TPSA) is 72.0 Å². The van der Waals surface area contributed by atoms with Crippen LogP contribution in [0.15, 0.2) is 16.8 Å². The first-order valence-corrected chi connectivity index (χ1v) is 6.57. The molecule has 7 heteroatoms. The summed E-state index contributed by atoms with van der Waals surface area (Å²) in [5.74, 6) is 1.21. The molecular formula is C12H18N6O. The molecule has 1 aliphatic rings. The molecule has 0 aliphatic carbocycles. The van der Waals surface area contributed by atoms with Crippen LogP contribution in [0.4, 0.5) is 0 Å². The summed E-state index contributed by atoms with van der Waals surface area (Å²) in [6, 6.07) is 1.88. The quantitative estimate of drug-likeness (QED) is 0.856. The predicted octanol–water partition coefficient (Wildman–Crippen LogP) is 0.265. The number of rotatable bonds is 3. The molecule has 3 rings (SSSR count). The molecule has 0 amide bonds. The van der Waals surface area contributed by atoms with Crippen LogP contribution in [0.3, 0.4) is 0 Å². The molecule has 0 aromatic carbocycles. The van der Waals surface area contributed by atoms with Crippen molar-refractivity contribution >= 4 is 0 Å². The van der Waals surface area contributed by atoms with Crippen LogP contribution >= 0.6 is 0 Å². The van der Waals surface area contributed by atoms with Crippen molar-refractivity contribution in [3.05, 3.63) is 18.2 Å². The van der Waals surface area contributed by atoms with E-state index in [2.05, 4.69) is 25.5 Å². The summed E-state index contributed by atoms with van der Waals surface area (Å²) < 4.78 is 7.03. The highest BCUT2D eigenvalue weighted by molar-refractivity contribution is 5.46. The number of hydrogen-bond acceptors (Lipinski definition) is 6. The molecule has 1 N–H and O–H groups in total. The molecule has 1 aliphatic heterocycles. The van der Waals surface area contributed by atoms with Crippen LogP contribution in [0.25, 0.3) is 11.5 Å². The standard InChI is InChI=1S/C12H18N6O/c1-17-7-3-10(15-17)12-14-11(19-16-12)9-18-6-2-4-13-5-8-18/h3,7,13H,2,4-6,8-9H2,1H3. The fraction of sp³-hybridized carbons (Fsp3) is 0.583. The third-order valence-corrected chi connectivity index (χ3v) is 3.20. The van der Waals surface area contributed by atoms with E-state index >= 15 is 0 Å². The zero-order valence-corrected chi connectivity index (χ0v) is 11.0. The van der Waals surface area contributed by atoms with Gasteiger partial charge in [-0.3, -0.25) is 9.58 Å². The Morgan fingerprint density at radius 1 is 1.37 bits per heavy atom. The monoisotopic (exact) mass is 262 g/mol. The maximum atomic E-state index is 5.30. The molecule has 2 aromatic rings. The normalized spacial score (nSPS) is 17.5. The number of aromatic nitrogens is 4. The van der Waals surface area contributed by atoms with E-state index in [0.717, 1.165) is 38.3 Å². The van der Waals surface area contributed by atoms with E-state index in [4.69, 9.17) is 4.52 Å². The maximum Gasteiger partial charge on any atom is 0.241 e. The Hall–Kier alpha value is -1.73. The molecule has 1 fully saturated rings. The van der Waals surface area contributed by atoms with E-state index in [-0.39, 0.29) is 0 Å². The van der Waals surface area contributed by atoms with Gasteiger partial charge in [-0.15, -0.1) is 0 Å². The highest BCUT2D eigenvalue weighted by Gasteiger charge is 2.15. The van der Waals surface area contributed by atoms with E-state index in [1.54, 1.807) is 4.68 Å². The molecule has 102 valence electrons. The lowest BCUT2D eigenvalue weighted by Crippen LogP contribution is -2.27. The van der Waals surface area contributed by atoms with Gasteiger partial charge in [0, 0.05) is 26.3 Å². The van der Waals surface area contributed by atoms with Gasteiger partial charge in [-0.2, -0.15) is 10.1 Å². The van der Waals surface area contributed by atoms with Gasteiger partial charge in [-0.25, -0.2) is 0 Å². The van der Waals surface area contributed by atoms with Gasteiger partial charge in [-0.05, 0) is 25.6 Å². The minimum atomic E-state index is 0.559. The highest BCUT2D eigenvalue weighted by Crippen LogP contribution is 2.13. The number of nitrogens with zero attached hydrogens (tertiary/aromatic N) is 5. The molecular weight excluding hydrogens is 244 g/mol.